The summed E-state index contributed by atoms with van der Waals surface area (Å²) >= 11 is 0. The van der Waals surface area contributed by atoms with Crippen LogP contribution < -0.4 is 10.2 Å². The highest BCUT2D eigenvalue weighted by Gasteiger charge is 2.40. The van der Waals surface area contributed by atoms with Crippen LogP contribution in [0.5, 0.6) is 0 Å². The number of nitrogens with zero attached hydrogens (tertiary/aromatic N) is 2. The van der Waals surface area contributed by atoms with Crippen molar-refractivity contribution in [2.24, 2.45) is 0 Å². The molecule has 2 aromatic carbocycles. The lowest BCUT2D eigenvalue weighted by atomic mass is 10.1. The van der Waals surface area contributed by atoms with Gasteiger partial charge in [-0.05, 0) is 29.3 Å². The van der Waals surface area contributed by atoms with Gasteiger partial charge < -0.3 is 10.2 Å². The van der Waals surface area contributed by atoms with Crippen molar-refractivity contribution in [3.8, 4) is 0 Å². The molecule has 1 fully saturated rings. The molecular formula is C19H19N3O4S. The fraction of sp³-hybridized carbons (Fsp3) is 0.263. The highest BCUT2D eigenvalue weighted by Crippen LogP contribution is 2.34. The first-order valence-electron chi connectivity index (χ1n) is 8.63. The summed E-state index contributed by atoms with van der Waals surface area (Å²) < 4.78 is 27.9. The second-order valence-electron chi connectivity index (χ2n) is 6.64. The Balaban J connectivity index is 1.76. The lowest BCUT2D eigenvalue weighted by molar-refractivity contribution is -0.127. The van der Waals surface area contributed by atoms with E-state index in [1.807, 2.05) is 6.07 Å². The predicted molar refractivity (Wildman–Crippen MR) is 99.6 cm³/mol. The van der Waals surface area contributed by atoms with Crippen LogP contribution in [-0.4, -0.2) is 44.7 Å². The minimum atomic E-state index is -3.91. The monoisotopic (exact) mass is 385 g/mol. The summed E-state index contributed by atoms with van der Waals surface area (Å²) in [6, 6.07) is 12.6. The Morgan fingerprint density at radius 3 is 2.56 bits per heavy atom. The van der Waals surface area contributed by atoms with Crippen LogP contribution in [0.3, 0.4) is 0 Å². The van der Waals surface area contributed by atoms with E-state index >= 15 is 0 Å². The van der Waals surface area contributed by atoms with Crippen LogP contribution in [0, 0.1) is 0 Å². The van der Waals surface area contributed by atoms with E-state index in [2.05, 4.69) is 5.32 Å². The third-order valence-corrected chi connectivity index (χ3v) is 6.88. The molecule has 1 atom stereocenters. The molecule has 0 saturated carbocycles. The van der Waals surface area contributed by atoms with Gasteiger partial charge in [-0.2, -0.15) is 4.31 Å². The Kier molecular flexibility index (Phi) is 4.24. The van der Waals surface area contributed by atoms with Crippen molar-refractivity contribution in [3.63, 3.8) is 0 Å². The second kappa shape index (κ2) is 6.47. The Morgan fingerprint density at radius 2 is 1.81 bits per heavy atom. The van der Waals surface area contributed by atoms with Gasteiger partial charge in [0.1, 0.15) is 6.04 Å². The second-order valence-corrected chi connectivity index (χ2v) is 8.53. The minimum Gasteiger partial charge on any atom is -0.353 e. The molecule has 0 aromatic heterocycles. The maximum atomic E-state index is 13.3. The molecule has 0 radical (unpaired) electrons. The molecule has 1 unspecified atom stereocenters. The number of sulfonamides is 1. The summed E-state index contributed by atoms with van der Waals surface area (Å²) in [6.07, 6.45) is 0.178. The van der Waals surface area contributed by atoms with Crippen molar-refractivity contribution >= 4 is 27.5 Å². The smallest absolute Gasteiger partial charge is 0.244 e. The number of carbonyl (C=O) groups excluding carboxylic acids is 2. The summed E-state index contributed by atoms with van der Waals surface area (Å²) in [5, 5.41) is 2.74. The van der Waals surface area contributed by atoms with Gasteiger partial charge in [0.15, 0.2) is 0 Å². The Hall–Kier alpha value is -2.71. The normalized spacial score (nSPS) is 20.5. The molecule has 1 saturated heterocycles. The standard InChI is InChI=1S/C19H19N3O4S/c1-21-16-8-7-15(11-14(16)12-17(21)23)27(25,26)22-10-9-20-19(24)18(22)13-5-3-2-4-6-13/h2-8,11,18H,9-10,12H2,1H3,(H,20,24). The summed E-state index contributed by atoms with van der Waals surface area (Å²) in [7, 11) is -2.24. The van der Waals surface area contributed by atoms with Gasteiger partial charge in [-0.15, -0.1) is 0 Å². The fourth-order valence-corrected chi connectivity index (χ4v) is 5.23. The van der Waals surface area contributed by atoms with Crippen molar-refractivity contribution in [2.75, 3.05) is 25.0 Å². The van der Waals surface area contributed by atoms with Gasteiger partial charge in [0.25, 0.3) is 0 Å². The first-order chi connectivity index (χ1) is 12.9. The molecule has 2 aromatic rings. The third kappa shape index (κ3) is 2.90. The van der Waals surface area contributed by atoms with Crippen LogP contribution >= 0.6 is 0 Å². The number of amides is 2. The maximum Gasteiger partial charge on any atom is 0.244 e. The van der Waals surface area contributed by atoms with Gasteiger partial charge in [-0.25, -0.2) is 8.42 Å². The van der Waals surface area contributed by atoms with Gasteiger partial charge in [-0.1, -0.05) is 30.3 Å². The summed E-state index contributed by atoms with van der Waals surface area (Å²) in [4.78, 5) is 26.0. The molecule has 27 heavy (non-hydrogen) atoms. The Morgan fingerprint density at radius 1 is 1.07 bits per heavy atom. The van der Waals surface area contributed by atoms with E-state index in [0.29, 0.717) is 11.1 Å². The molecule has 2 aliphatic heterocycles. The van der Waals surface area contributed by atoms with E-state index in [0.717, 1.165) is 5.69 Å². The molecule has 0 spiro atoms. The number of benzene rings is 2. The zero-order valence-corrected chi connectivity index (χ0v) is 15.6. The van der Waals surface area contributed by atoms with Gasteiger partial charge in [0.05, 0.1) is 11.3 Å². The van der Waals surface area contributed by atoms with Crippen LogP contribution in [0.4, 0.5) is 5.69 Å². The minimum absolute atomic E-state index is 0.0703. The van der Waals surface area contributed by atoms with Crippen molar-refractivity contribution in [1.29, 1.82) is 0 Å². The van der Waals surface area contributed by atoms with Crippen molar-refractivity contribution in [3.05, 3.63) is 59.7 Å². The number of hydrogen-bond acceptors (Lipinski definition) is 4. The quantitative estimate of drug-likeness (QED) is 0.856. The SMILES string of the molecule is CN1C(=O)Cc2cc(S(=O)(=O)N3CCNC(=O)C3c3ccccc3)ccc21. The fourth-order valence-electron chi connectivity index (χ4n) is 3.60. The molecule has 8 heteroatoms. The molecule has 140 valence electrons. The van der Waals surface area contributed by atoms with Gasteiger partial charge in [-0.3, -0.25) is 9.59 Å². The molecule has 0 bridgehead atoms. The first kappa shape index (κ1) is 17.7. The lowest BCUT2D eigenvalue weighted by Crippen LogP contribution is -2.52. The van der Waals surface area contributed by atoms with E-state index in [9.17, 15) is 18.0 Å². The predicted octanol–water partition coefficient (Wildman–Crippen LogP) is 1.07. The van der Waals surface area contributed by atoms with E-state index < -0.39 is 16.1 Å². The highest BCUT2D eigenvalue weighted by atomic mass is 32.2. The first-order valence-corrected chi connectivity index (χ1v) is 10.1. The van der Waals surface area contributed by atoms with E-state index in [1.54, 1.807) is 43.4 Å². The van der Waals surface area contributed by atoms with Crippen LogP contribution in [0.1, 0.15) is 17.2 Å². The van der Waals surface area contributed by atoms with Gasteiger partial charge in [0, 0.05) is 25.8 Å². The molecular weight excluding hydrogens is 366 g/mol. The highest BCUT2D eigenvalue weighted by molar-refractivity contribution is 7.89. The molecule has 1 N–H and O–H groups in total. The van der Waals surface area contributed by atoms with E-state index in [-0.39, 0.29) is 36.2 Å². The number of anilines is 1. The number of rotatable bonds is 3. The van der Waals surface area contributed by atoms with Crippen LogP contribution in [-0.2, 0) is 26.0 Å². The van der Waals surface area contributed by atoms with Crippen LogP contribution in [0.25, 0.3) is 0 Å². The van der Waals surface area contributed by atoms with Crippen molar-refractivity contribution in [1.82, 2.24) is 9.62 Å². The third-order valence-electron chi connectivity index (χ3n) is 5.02. The Labute approximate surface area is 157 Å². The molecule has 7 nitrogen and oxygen atoms in total. The number of hydrogen-bond donors (Lipinski definition) is 1. The molecule has 2 amide bonds. The Bertz CT molecular complexity index is 1020. The number of piperazine rings is 1. The van der Waals surface area contributed by atoms with E-state index in [1.165, 1.54) is 15.3 Å². The lowest BCUT2D eigenvalue weighted by Gasteiger charge is -2.34. The largest absolute Gasteiger partial charge is 0.353 e. The zero-order valence-electron chi connectivity index (χ0n) is 14.8. The average molecular weight is 385 g/mol. The molecule has 0 aliphatic carbocycles. The number of fused-ring (bicyclic) bond motifs is 1. The van der Waals surface area contributed by atoms with Crippen molar-refractivity contribution < 1.29 is 18.0 Å². The van der Waals surface area contributed by atoms with Crippen LogP contribution in [0.2, 0.25) is 0 Å². The molecule has 2 heterocycles. The van der Waals surface area contributed by atoms with Gasteiger partial charge in [0.2, 0.25) is 21.8 Å². The topological polar surface area (TPSA) is 86.8 Å². The molecule has 2 aliphatic rings. The number of likely N-dealkylation sites (N-methyl/N-ethyl adjacent to an activating group) is 1. The summed E-state index contributed by atoms with van der Waals surface area (Å²) in [6.45, 7) is 0.442. The van der Waals surface area contributed by atoms with Crippen LogP contribution in [0.15, 0.2) is 53.4 Å². The van der Waals surface area contributed by atoms with Gasteiger partial charge >= 0.3 is 0 Å². The summed E-state index contributed by atoms with van der Waals surface area (Å²) in [5.41, 5.74) is 2.02. The average Bonchev–Trinajstić information content (AvgIpc) is 2.95. The number of nitrogens with one attached hydrogen (secondary N) is 1. The van der Waals surface area contributed by atoms with E-state index in [4.69, 9.17) is 0 Å². The number of carbonyl (C=O) groups is 2. The molecule has 4 rings (SSSR count). The van der Waals surface area contributed by atoms with Crippen molar-refractivity contribution in [2.45, 2.75) is 17.4 Å². The maximum absolute atomic E-state index is 13.3. The zero-order chi connectivity index (χ0) is 19.2. The summed E-state index contributed by atoms with van der Waals surface area (Å²) in [5.74, 6) is -0.411.